The molecule has 2 heteroatoms. The summed E-state index contributed by atoms with van der Waals surface area (Å²) in [6.45, 7) is 0.848. The quantitative estimate of drug-likeness (QED) is 0.508. The van der Waals surface area contributed by atoms with Crippen molar-refractivity contribution in [3.05, 3.63) is 10.7 Å². The maximum absolute atomic E-state index is 4.93. The van der Waals surface area contributed by atoms with E-state index >= 15 is 0 Å². The fourth-order valence-electron chi connectivity index (χ4n) is 0.388. The van der Waals surface area contributed by atoms with Gasteiger partial charge in [0.1, 0.15) is 0 Å². The number of hydrogen-bond donors (Lipinski definition) is 0. The summed E-state index contributed by atoms with van der Waals surface area (Å²) in [6, 6.07) is 0. The van der Waals surface area contributed by atoms with Crippen LogP contribution in [0.15, 0.2) is 10.7 Å². The molecule has 0 unspecified atom stereocenters. The Morgan fingerprint density at radius 2 is 2.67 bits per heavy atom. The highest BCUT2D eigenvalue weighted by atomic mass is 79.9. The first-order chi connectivity index (χ1) is 2.89. The molecular weight excluding hydrogens is 144 g/mol. The normalized spacial score (nSPS) is 19.8. The maximum Gasteiger partial charge on any atom is 0.158 e. The topological polar surface area (TPSA) is 9.23 Å². The Morgan fingerprint density at radius 3 is 2.83 bits per heavy atom. The average molecular weight is 149 g/mol. The molecule has 0 N–H and O–H groups in total. The van der Waals surface area contributed by atoms with E-state index in [0.717, 1.165) is 17.7 Å². The van der Waals surface area contributed by atoms with Crippen LogP contribution in [0.4, 0.5) is 0 Å². The summed E-state index contributed by atoms with van der Waals surface area (Å²) >= 11 is 3.18. The fourth-order valence-corrected chi connectivity index (χ4v) is 0.779. The van der Waals surface area contributed by atoms with E-state index in [0.29, 0.717) is 0 Å². The van der Waals surface area contributed by atoms with E-state index in [9.17, 15) is 0 Å². The van der Waals surface area contributed by atoms with Crippen molar-refractivity contribution in [2.24, 2.45) is 0 Å². The van der Waals surface area contributed by atoms with Crippen molar-refractivity contribution in [2.45, 2.75) is 6.42 Å². The highest BCUT2D eigenvalue weighted by Gasteiger charge is 1.96. The van der Waals surface area contributed by atoms with Gasteiger partial charge in [0, 0.05) is 6.42 Å². The molecule has 34 valence electrons. The number of halogens is 1. The van der Waals surface area contributed by atoms with Crippen LogP contribution in [-0.4, -0.2) is 6.61 Å². The lowest BCUT2D eigenvalue weighted by Crippen LogP contribution is -1.74. The largest absolute Gasteiger partial charge is 0.487 e. The minimum absolute atomic E-state index is 0.848. The number of hydrogen-bond acceptors (Lipinski definition) is 1. The molecule has 0 saturated heterocycles. The molecule has 0 fully saturated rings. The molecular formula is C4H5BrO. The predicted molar refractivity (Wildman–Crippen MR) is 27.6 cm³/mol. The second-order valence-corrected chi connectivity index (χ2v) is 1.93. The van der Waals surface area contributed by atoms with Gasteiger partial charge in [0.05, 0.1) is 6.61 Å². The van der Waals surface area contributed by atoms with Crippen molar-refractivity contribution in [3.63, 3.8) is 0 Å². The van der Waals surface area contributed by atoms with Gasteiger partial charge in [0.25, 0.3) is 0 Å². The van der Waals surface area contributed by atoms with E-state index in [4.69, 9.17) is 4.74 Å². The van der Waals surface area contributed by atoms with Gasteiger partial charge in [-0.15, -0.1) is 0 Å². The molecule has 0 saturated carbocycles. The lowest BCUT2D eigenvalue weighted by molar-refractivity contribution is 0.273. The van der Waals surface area contributed by atoms with Crippen molar-refractivity contribution in [1.29, 1.82) is 0 Å². The summed E-state index contributed by atoms with van der Waals surface area (Å²) in [5, 5.41) is 0. The van der Waals surface area contributed by atoms with Gasteiger partial charge in [-0.25, -0.2) is 0 Å². The second kappa shape index (κ2) is 1.65. The third-order valence-corrected chi connectivity index (χ3v) is 1.22. The Bertz CT molecular complexity index is 77.6. The van der Waals surface area contributed by atoms with Crippen molar-refractivity contribution >= 4 is 15.9 Å². The van der Waals surface area contributed by atoms with Gasteiger partial charge < -0.3 is 4.74 Å². The Hall–Kier alpha value is 0.0200. The smallest absolute Gasteiger partial charge is 0.158 e. The van der Waals surface area contributed by atoms with Gasteiger partial charge in [0.15, 0.2) is 4.67 Å². The van der Waals surface area contributed by atoms with Crippen LogP contribution in [0.25, 0.3) is 0 Å². The zero-order valence-corrected chi connectivity index (χ0v) is 4.86. The van der Waals surface area contributed by atoms with Crippen LogP contribution < -0.4 is 0 Å². The molecule has 1 nitrogen and oxygen atoms in total. The number of ether oxygens (including phenoxy) is 1. The van der Waals surface area contributed by atoms with Crippen LogP contribution in [0.1, 0.15) is 6.42 Å². The molecule has 0 bridgehead atoms. The van der Waals surface area contributed by atoms with Crippen LogP contribution in [0.2, 0.25) is 0 Å². The van der Waals surface area contributed by atoms with Crippen LogP contribution in [0.5, 0.6) is 0 Å². The van der Waals surface area contributed by atoms with Crippen molar-refractivity contribution in [3.8, 4) is 0 Å². The summed E-state index contributed by atoms with van der Waals surface area (Å²) in [6.07, 6.45) is 3.07. The second-order valence-electron chi connectivity index (χ2n) is 1.15. The highest BCUT2D eigenvalue weighted by molar-refractivity contribution is 9.11. The van der Waals surface area contributed by atoms with E-state index in [2.05, 4.69) is 15.9 Å². The molecule has 6 heavy (non-hydrogen) atoms. The lowest BCUT2D eigenvalue weighted by Gasteiger charge is -1.87. The molecule has 1 aliphatic heterocycles. The third kappa shape index (κ3) is 0.744. The fraction of sp³-hybridized carbons (Fsp3) is 0.500. The third-order valence-electron chi connectivity index (χ3n) is 0.663. The zero-order valence-electron chi connectivity index (χ0n) is 3.28. The Morgan fingerprint density at radius 1 is 1.83 bits per heavy atom. The first-order valence-electron chi connectivity index (χ1n) is 1.88. The molecule has 0 atom stereocenters. The zero-order chi connectivity index (χ0) is 4.41. The van der Waals surface area contributed by atoms with Crippen molar-refractivity contribution in [1.82, 2.24) is 0 Å². The minimum Gasteiger partial charge on any atom is -0.487 e. The summed E-state index contributed by atoms with van der Waals surface area (Å²) in [5.74, 6) is 0. The maximum atomic E-state index is 4.93. The van der Waals surface area contributed by atoms with Gasteiger partial charge in [-0.05, 0) is 22.0 Å². The molecule has 1 heterocycles. The number of rotatable bonds is 0. The molecule has 0 aromatic rings. The van der Waals surface area contributed by atoms with E-state index < -0.39 is 0 Å². The summed E-state index contributed by atoms with van der Waals surface area (Å²) < 4.78 is 5.82. The molecule has 0 radical (unpaired) electrons. The van der Waals surface area contributed by atoms with Crippen LogP contribution >= 0.6 is 15.9 Å². The van der Waals surface area contributed by atoms with Gasteiger partial charge in [-0.3, -0.25) is 0 Å². The molecule has 0 spiro atoms. The van der Waals surface area contributed by atoms with E-state index in [-0.39, 0.29) is 0 Å². The SMILES string of the molecule is BrC1=CCCO1. The predicted octanol–water partition coefficient (Wildman–Crippen LogP) is 1.64. The minimum atomic E-state index is 0.848. The van der Waals surface area contributed by atoms with Crippen LogP contribution in [-0.2, 0) is 4.74 Å². The van der Waals surface area contributed by atoms with Crippen LogP contribution in [0, 0.1) is 0 Å². The summed E-state index contributed by atoms with van der Waals surface area (Å²) in [5.41, 5.74) is 0. The van der Waals surface area contributed by atoms with Gasteiger partial charge >= 0.3 is 0 Å². The highest BCUT2D eigenvalue weighted by Crippen LogP contribution is 2.13. The molecule has 0 aromatic heterocycles. The first-order valence-corrected chi connectivity index (χ1v) is 2.67. The summed E-state index contributed by atoms with van der Waals surface area (Å²) in [4.78, 5) is 0. The molecule has 0 aromatic carbocycles. The van der Waals surface area contributed by atoms with Gasteiger partial charge in [-0.1, -0.05) is 0 Å². The molecule has 0 amide bonds. The standard InChI is InChI=1S/C4H5BrO/c5-4-2-1-3-6-4/h2H,1,3H2. The van der Waals surface area contributed by atoms with Gasteiger partial charge in [-0.2, -0.15) is 0 Å². The van der Waals surface area contributed by atoms with Crippen molar-refractivity contribution < 1.29 is 4.74 Å². The lowest BCUT2D eigenvalue weighted by atomic mass is 10.5. The molecule has 1 rings (SSSR count). The van der Waals surface area contributed by atoms with Crippen LogP contribution in [0.3, 0.4) is 0 Å². The Kier molecular flexibility index (Phi) is 1.15. The van der Waals surface area contributed by atoms with Gasteiger partial charge in [0.2, 0.25) is 0 Å². The first kappa shape index (κ1) is 4.19. The monoisotopic (exact) mass is 148 g/mol. The van der Waals surface area contributed by atoms with E-state index in [1.807, 2.05) is 6.08 Å². The van der Waals surface area contributed by atoms with Crippen molar-refractivity contribution in [2.75, 3.05) is 6.61 Å². The summed E-state index contributed by atoms with van der Waals surface area (Å²) in [7, 11) is 0. The Balaban J connectivity index is 2.45. The Labute approximate surface area is 45.1 Å². The van der Waals surface area contributed by atoms with E-state index in [1.54, 1.807) is 0 Å². The van der Waals surface area contributed by atoms with E-state index in [1.165, 1.54) is 0 Å². The molecule has 0 aliphatic carbocycles. The molecule has 1 aliphatic rings. The average Bonchev–Trinajstić information content (AvgIpc) is 1.86.